The van der Waals surface area contributed by atoms with Crippen molar-refractivity contribution < 1.29 is 0 Å². The third kappa shape index (κ3) is 4.03. The Bertz CT molecular complexity index is 585. The van der Waals surface area contributed by atoms with Gasteiger partial charge in [-0.25, -0.2) is 0 Å². The summed E-state index contributed by atoms with van der Waals surface area (Å²) in [4.78, 5) is 1.28. The molecule has 2 N–H and O–H groups in total. The van der Waals surface area contributed by atoms with E-state index in [1.807, 2.05) is 23.9 Å². The third-order valence-corrected chi connectivity index (χ3v) is 4.78. The first-order valence-electron chi connectivity index (χ1n) is 6.63. The molecule has 0 saturated heterocycles. The number of benzene rings is 2. The minimum atomic E-state index is 0.208. The number of nitrogens with two attached hydrogens (primary N) is 1. The fourth-order valence-corrected chi connectivity index (χ4v) is 3.20. The Hall–Kier alpha value is -0.930. The van der Waals surface area contributed by atoms with Gasteiger partial charge in [0.25, 0.3) is 0 Å². The molecule has 0 atom stereocenters. The van der Waals surface area contributed by atoms with E-state index in [0.717, 1.165) is 15.9 Å². The summed E-state index contributed by atoms with van der Waals surface area (Å²) in [5.74, 6) is 0.897. The highest BCUT2D eigenvalue weighted by atomic mass is 79.9. The quantitative estimate of drug-likeness (QED) is 0.574. The molecule has 1 nitrogen and oxygen atoms in total. The van der Waals surface area contributed by atoms with Crippen LogP contribution in [0.15, 0.2) is 51.8 Å². The maximum absolute atomic E-state index is 6.02. The standard InChI is InChI=1S/C17H20BrNS/c1-17(2,3)13-5-8-15(9-6-13)20-11-12-4-7-14(18)10-16(12)19/h4-10H,11,19H2,1-3H3. The van der Waals surface area contributed by atoms with Crippen molar-refractivity contribution in [1.29, 1.82) is 0 Å². The molecule has 0 amide bonds. The molecule has 3 heteroatoms. The van der Waals surface area contributed by atoms with Gasteiger partial charge in [-0.2, -0.15) is 0 Å². The number of thioether (sulfide) groups is 1. The Morgan fingerprint density at radius 3 is 2.25 bits per heavy atom. The molecule has 0 heterocycles. The number of anilines is 1. The first-order valence-corrected chi connectivity index (χ1v) is 8.41. The summed E-state index contributed by atoms with van der Waals surface area (Å²) in [6.45, 7) is 6.70. The Labute approximate surface area is 134 Å². The monoisotopic (exact) mass is 349 g/mol. The first kappa shape index (κ1) is 15.5. The molecule has 0 unspecified atom stereocenters. The molecule has 2 rings (SSSR count). The van der Waals surface area contributed by atoms with E-state index in [4.69, 9.17) is 5.73 Å². The molecular weight excluding hydrogens is 330 g/mol. The van der Waals surface area contributed by atoms with Crippen LogP contribution in [0.2, 0.25) is 0 Å². The molecule has 2 aromatic rings. The van der Waals surface area contributed by atoms with Crippen LogP contribution in [-0.2, 0) is 11.2 Å². The summed E-state index contributed by atoms with van der Waals surface area (Å²) in [6, 6.07) is 14.9. The molecule has 0 bridgehead atoms. The summed E-state index contributed by atoms with van der Waals surface area (Å²) in [5.41, 5.74) is 9.62. The van der Waals surface area contributed by atoms with Gasteiger partial charge in [0.05, 0.1) is 0 Å². The second kappa shape index (κ2) is 6.23. The third-order valence-electron chi connectivity index (χ3n) is 3.22. The molecule has 0 fully saturated rings. The van der Waals surface area contributed by atoms with Gasteiger partial charge in [-0.3, -0.25) is 0 Å². The SMILES string of the molecule is CC(C)(C)c1ccc(SCc2ccc(Br)cc2N)cc1. The maximum Gasteiger partial charge on any atom is 0.0366 e. The first-order chi connectivity index (χ1) is 9.36. The van der Waals surface area contributed by atoms with Crippen molar-refractivity contribution in [3.05, 3.63) is 58.1 Å². The molecule has 0 aromatic heterocycles. The van der Waals surface area contributed by atoms with Crippen LogP contribution in [0.5, 0.6) is 0 Å². The molecule has 2 aromatic carbocycles. The maximum atomic E-state index is 6.02. The van der Waals surface area contributed by atoms with E-state index in [-0.39, 0.29) is 5.41 Å². The van der Waals surface area contributed by atoms with Crippen molar-refractivity contribution in [2.24, 2.45) is 0 Å². The fourth-order valence-electron chi connectivity index (χ4n) is 1.91. The number of rotatable bonds is 3. The van der Waals surface area contributed by atoms with E-state index in [1.165, 1.54) is 16.0 Å². The predicted molar refractivity (Wildman–Crippen MR) is 93.3 cm³/mol. The van der Waals surface area contributed by atoms with Crippen molar-refractivity contribution >= 4 is 33.4 Å². The van der Waals surface area contributed by atoms with Crippen LogP contribution >= 0.6 is 27.7 Å². The summed E-state index contributed by atoms with van der Waals surface area (Å²) >= 11 is 5.25. The van der Waals surface area contributed by atoms with Crippen LogP contribution < -0.4 is 5.73 Å². The molecular formula is C17H20BrNS. The van der Waals surface area contributed by atoms with Crippen molar-refractivity contribution in [3.63, 3.8) is 0 Å². The second-order valence-corrected chi connectivity index (χ2v) is 7.87. The van der Waals surface area contributed by atoms with E-state index < -0.39 is 0 Å². The normalized spacial score (nSPS) is 11.6. The number of hydrogen-bond donors (Lipinski definition) is 1. The van der Waals surface area contributed by atoms with Crippen LogP contribution in [0, 0.1) is 0 Å². The highest BCUT2D eigenvalue weighted by Gasteiger charge is 2.12. The van der Waals surface area contributed by atoms with Gasteiger partial charge in [-0.05, 0) is 40.8 Å². The van der Waals surface area contributed by atoms with Gasteiger partial charge in [0.15, 0.2) is 0 Å². The average molecular weight is 350 g/mol. The highest BCUT2D eigenvalue weighted by molar-refractivity contribution is 9.10. The lowest BCUT2D eigenvalue weighted by Crippen LogP contribution is -2.10. The Kier molecular flexibility index (Phi) is 4.82. The van der Waals surface area contributed by atoms with Gasteiger partial charge in [0.2, 0.25) is 0 Å². The summed E-state index contributed by atoms with van der Waals surface area (Å²) in [7, 11) is 0. The van der Waals surface area contributed by atoms with Crippen molar-refractivity contribution in [2.75, 3.05) is 5.73 Å². The van der Waals surface area contributed by atoms with Gasteiger partial charge in [-0.1, -0.05) is 54.9 Å². The van der Waals surface area contributed by atoms with Crippen molar-refractivity contribution in [1.82, 2.24) is 0 Å². The molecule has 0 aliphatic rings. The van der Waals surface area contributed by atoms with Crippen LogP contribution in [-0.4, -0.2) is 0 Å². The molecule has 0 saturated carbocycles. The largest absolute Gasteiger partial charge is 0.398 e. The zero-order chi connectivity index (χ0) is 14.8. The van der Waals surface area contributed by atoms with Crippen molar-refractivity contribution in [2.45, 2.75) is 36.8 Å². The molecule has 0 radical (unpaired) electrons. The molecule has 0 aliphatic heterocycles. The zero-order valence-corrected chi connectivity index (χ0v) is 14.5. The number of hydrogen-bond acceptors (Lipinski definition) is 2. The molecule has 106 valence electrons. The van der Waals surface area contributed by atoms with Crippen molar-refractivity contribution in [3.8, 4) is 0 Å². The second-order valence-electron chi connectivity index (χ2n) is 5.91. The lowest BCUT2D eigenvalue weighted by atomic mass is 9.87. The van der Waals surface area contributed by atoms with Crippen LogP contribution in [0.4, 0.5) is 5.69 Å². The number of halogens is 1. The minimum absolute atomic E-state index is 0.208. The summed E-state index contributed by atoms with van der Waals surface area (Å²) in [6.07, 6.45) is 0. The van der Waals surface area contributed by atoms with Gasteiger partial charge < -0.3 is 5.73 Å². The van der Waals surface area contributed by atoms with E-state index in [9.17, 15) is 0 Å². The number of nitrogen functional groups attached to an aromatic ring is 1. The lowest BCUT2D eigenvalue weighted by molar-refractivity contribution is 0.590. The van der Waals surface area contributed by atoms with Gasteiger partial charge in [0.1, 0.15) is 0 Å². The van der Waals surface area contributed by atoms with Gasteiger partial charge >= 0.3 is 0 Å². The molecule has 20 heavy (non-hydrogen) atoms. The summed E-state index contributed by atoms with van der Waals surface area (Å²) in [5, 5.41) is 0. The topological polar surface area (TPSA) is 26.0 Å². The van der Waals surface area contributed by atoms with Crippen LogP contribution in [0.1, 0.15) is 31.9 Å². The molecule has 0 spiro atoms. The lowest BCUT2D eigenvalue weighted by Gasteiger charge is -2.19. The van der Waals surface area contributed by atoms with E-state index in [1.54, 1.807) is 0 Å². The Morgan fingerprint density at radius 1 is 1.05 bits per heavy atom. The zero-order valence-electron chi connectivity index (χ0n) is 12.1. The average Bonchev–Trinajstić information content (AvgIpc) is 2.37. The smallest absolute Gasteiger partial charge is 0.0366 e. The van der Waals surface area contributed by atoms with E-state index in [2.05, 4.69) is 67.0 Å². The van der Waals surface area contributed by atoms with E-state index >= 15 is 0 Å². The minimum Gasteiger partial charge on any atom is -0.398 e. The van der Waals surface area contributed by atoms with Crippen LogP contribution in [0.25, 0.3) is 0 Å². The van der Waals surface area contributed by atoms with Crippen LogP contribution in [0.3, 0.4) is 0 Å². The summed E-state index contributed by atoms with van der Waals surface area (Å²) < 4.78 is 1.03. The Morgan fingerprint density at radius 2 is 1.70 bits per heavy atom. The molecule has 0 aliphatic carbocycles. The van der Waals surface area contributed by atoms with Gasteiger partial charge in [0, 0.05) is 20.8 Å². The highest BCUT2D eigenvalue weighted by Crippen LogP contribution is 2.29. The van der Waals surface area contributed by atoms with E-state index in [0.29, 0.717) is 0 Å². The van der Waals surface area contributed by atoms with Gasteiger partial charge in [-0.15, -0.1) is 11.8 Å². The fraction of sp³-hybridized carbons (Fsp3) is 0.294. The Balaban J connectivity index is 2.04. The predicted octanol–water partition coefficient (Wildman–Crippen LogP) is 5.62.